The van der Waals surface area contributed by atoms with Crippen LogP contribution in [0.5, 0.6) is 0 Å². The Labute approximate surface area is 160 Å². The summed E-state index contributed by atoms with van der Waals surface area (Å²) in [7, 11) is -1.65. The van der Waals surface area contributed by atoms with E-state index in [1.165, 1.54) is 4.31 Å². The number of hydrogen-bond acceptors (Lipinski definition) is 5. The van der Waals surface area contributed by atoms with Gasteiger partial charge in [-0.15, -0.1) is 0 Å². The van der Waals surface area contributed by atoms with Gasteiger partial charge in [-0.3, -0.25) is 4.79 Å². The lowest BCUT2D eigenvalue weighted by Crippen LogP contribution is -2.30. The van der Waals surface area contributed by atoms with Crippen LogP contribution in [0, 0.1) is 0 Å². The monoisotopic (exact) mass is 395 g/mol. The maximum absolute atomic E-state index is 12.7. The lowest BCUT2D eigenvalue weighted by Gasteiger charge is -2.18. The van der Waals surface area contributed by atoms with E-state index < -0.39 is 10.0 Å². The van der Waals surface area contributed by atoms with E-state index in [9.17, 15) is 13.2 Å². The number of rotatable bonds is 10. The zero-order chi connectivity index (χ0) is 20.0. The molecule has 1 aromatic heterocycles. The normalized spacial score (nSPS) is 12.0. The number of hydrogen-bond donors (Lipinski definition) is 2. The summed E-state index contributed by atoms with van der Waals surface area (Å²) in [5.41, 5.74) is 6.87. The molecule has 1 aromatic carbocycles. The van der Waals surface area contributed by atoms with Crippen molar-refractivity contribution in [2.45, 2.75) is 38.0 Å². The number of aryl methyl sites for hydroxylation is 2. The zero-order valence-corrected chi connectivity index (χ0v) is 17.1. The van der Waals surface area contributed by atoms with Crippen molar-refractivity contribution >= 4 is 27.0 Å². The molecule has 0 unspecified atom stereocenters. The third-order valence-electron chi connectivity index (χ3n) is 4.57. The second-order valence-corrected chi connectivity index (χ2v) is 8.26. The smallest absolute Gasteiger partial charge is 0.243 e. The maximum atomic E-state index is 12.7. The molecule has 0 bridgehead atoms. The highest BCUT2D eigenvalue weighted by Gasteiger charge is 2.22. The first-order chi connectivity index (χ1) is 12.8. The predicted molar refractivity (Wildman–Crippen MR) is 106 cm³/mol. The molecule has 0 aliphatic rings. The van der Waals surface area contributed by atoms with E-state index in [0.717, 1.165) is 17.8 Å². The maximum Gasteiger partial charge on any atom is 0.243 e. The molecular formula is C18H29N5O3S. The molecule has 0 atom stereocenters. The topological polar surface area (TPSA) is 110 Å². The molecule has 2 rings (SSSR count). The third-order valence-corrected chi connectivity index (χ3v) is 6.61. The molecular weight excluding hydrogens is 366 g/mol. The number of sulfonamides is 1. The molecule has 0 saturated heterocycles. The molecule has 0 spiro atoms. The third kappa shape index (κ3) is 4.85. The van der Waals surface area contributed by atoms with E-state index in [4.69, 9.17) is 5.73 Å². The summed E-state index contributed by atoms with van der Waals surface area (Å²) in [5.74, 6) is 0.705. The molecule has 0 saturated carbocycles. The van der Waals surface area contributed by atoms with E-state index in [2.05, 4.69) is 10.3 Å². The number of carbonyl (C=O) groups excluding carboxylic acids is 1. The van der Waals surface area contributed by atoms with Gasteiger partial charge in [0.05, 0.1) is 15.9 Å². The Morgan fingerprint density at radius 1 is 1.30 bits per heavy atom. The summed E-state index contributed by atoms with van der Waals surface area (Å²) >= 11 is 0. The Bertz CT molecular complexity index is 888. The molecule has 9 heteroatoms. The molecule has 150 valence electrons. The Morgan fingerprint density at radius 2 is 2.00 bits per heavy atom. The van der Waals surface area contributed by atoms with Crippen molar-refractivity contribution in [3.63, 3.8) is 0 Å². The van der Waals surface area contributed by atoms with Gasteiger partial charge in [-0.05, 0) is 31.2 Å². The van der Waals surface area contributed by atoms with Gasteiger partial charge in [0.2, 0.25) is 15.9 Å². The van der Waals surface area contributed by atoms with Crippen molar-refractivity contribution in [3.05, 3.63) is 24.0 Å². The number of amides is 1. The lowest BCUT2D eigenvalue weighted by atomic mass is 10.2. The van der Waals surface area contributed by atoms with Gasteiger partial charge in [0, 0.05) is 39.5 Å². The van der Waals surface area contributed by atoms with Crippen LogP contribution in [0.3, 0.4) is 0 Å². The standard InChI is InChI=1S/C18H29N5O3S/c1-4-23(5-2)27(25,26)14-7-8-16-15(13-14)21-17(22(16)3)9-10-18(24)20-12-6-11-19/h7-8,13H,4-6,9-12,19H2,1-3H3,(H,20,24). The summed E-state index contributed by atoms with van der Waals surface area (Å²) in [6.45, 7) is 5.59. The minimum Gasteiger partial charge on any atom is -0.356 e. The highest BCUT2D eigenvalue weighted by atomic mass is 32.2. The molecule has 8 nitrogen and oxygen atoms in total. The van der Waals surface area contributed by atoms with E-state index in [1.54, 1.807) is 18.2 Å². The number of nitrogens with zero attached hydrogens (tertiary/aromatic N) is 3. The Hall–Kier alpha value is -1.97. The van der Waals surface area contributed by atoms with Crippen LogP contribution in [-0.2, 0) is 28.3 Å². The number of carbonyl (C=O) groups is 1. The van der Waals surface area contributed by atoms with Gasteiger partial charge < -0.3 is 15.6 Å². The van der Waals surface area contributed by atoms with Crippen molar-refractivity contribution < 1.29 is 13.2 Å². The molecule has 0 aliphatic heterocycles. The number of benzene rings is 1. The Morgan fingerprint density at radius 3 is 2.63 bits per heavy atom. The second-order valence-electron chi connectivity index (χ2n) is 6.32. The van der Waals surface area contributed by atoms with Crippen molar-refractivity contribution in [1.29, 1.82) is 0 Å². The molecule has 1 amide bonds. The molecule has 3 N–H and O–H groups in total. The molecule has 0 radical (unpaired) electrons. The Kier molecular flexibility index (Phi) is 7.34. The number of fused-ring (bicyclic) bond motifs is 1. The number of aromatic nitrogens is 2. The SMILES string of the molecule is CCN(CC)S(=O)(=O)c1ccc2c(c1)nc(CCC(=O)NCCCN)n2C. The fraction of sp³-hybridized carbons (Fsp3) is 0.556. The van der Waals surface area contributed by atoms with Crippen LogP contribution in [0.4, 0.5) is 0 Å². The van der Waals surface area contributed by atoms with Crippen LogP contribution in [0.1, 0.15) is 32.5 Å². The first-order valence-corrected chi connectivity index (χ1v) is 10.7. The number of imidazole rings is 1. The quantitative estimate of drug-likeness (QED) is 0.583. The predicted octanol–water partition coefficient (Wildman–Crippen LogP) is 1.00. The van der Waals surface area contributed by atoms with Gasteiger partial charge >= 0.3 is 0 Å². The van der Waals surface area contributed by atoms with Gasteiger partial charge in [0.1, 0.15) is 5.82 Å². The van der Waals surface area contributed by atoms with Crippen LogP contribution < -0.4 is 11.1 Å². The van der Waals surface area contributed by atoms with E-state index in [-0.39, 0.29) is 10.8 Å². The number of nitrogens with one attached hydrogen (secondary N) is 1. The first-order valence-electron chi connectivity index (χ1n) is 9.27. The van der Waals surface area contributed by atoms with Crippen LogP contribution in [0.15, 0.2) is 23.1 Å². The van der Waals surface area contributed by atoms with Crippen LogP contribution in [0.25, 0.3) is 11.0 Å². The van der Waals surface area contributed by atoms with E-state index >= 15 is 0 Å². The van der Waals surface area contributed by atoms with Crippen molar-refractivity contribution in [2.75, 3.05) is 26.2 Å². The zero-order valence-electron chi connectivity index (χ0n) is 16.2. The summed E-state index contributed by atoms with van der Waals surface area (Å²) < 4.78 is 28.7. The van der Waals surface area contributed by atoms with Crippen molar-refractivity contribution in [1.82, 2.24) is 19.2 Å². The average molecular weight is 396 g/mol. The lowest BCUT2D eigenvalue weighted by molar-refractivity contribution is -0.121. The van der Waals surface area contributed by atoms with Crippen LogP contribution in [-0.4, -0.2) is 54.4 Å². The fourth-order valence-electron chi connectivity index (χ4n) is 2.97. The van der Waals surface area contributed by atoms with Gasteiger partial charge in [0.15, 0.2) is 0 Å². The summed E-state index contributed by atoms with van der Waals surface area (Å²) in [4.78, 5) is 16.7. The van der Waals surface area contributed by atoms with Gasteiger partial charge in [0.25, 0.3) is 0 Å². The fourth-order valence-corrected chi connectivity index (χ4v) is 4.45. The molecule has 27 heavy (non-hydrogen) atoms. The minimum atomic E-state index is -3.53. The summed E-state index contributed by atoms with van der Waals surface area (Å²) in [6.07, 6.45) is 1.56. The Balaban J connectivity index is 2.20. The molecule has 2 aromatic rings. The molecule has 0 aliphatic carbocycles. The molecule has 0 fully saturated rings. The van der Waals surface area contributed by atoms with Gasteiger partial charge in [-0.1, -0.05) is 13.8 Å². The number of nitrogens with two attached hydrogens (primary N) is 1. The van der Waals surface area contributed by atoms with E-state index in [1.807, 2.05) is 25.5 Å². The first kappa shape index (κ1) is 21.3. The minimum absolute atomic E-state index is 0.0414. The summed E-state index contributed by atoms with van der Waals surface area (Å²) in [6, 6.07) is 4.98. The average Bonchev–Trinajstić information content (AvgIpc) is 2.96. The second kappa shape index (κ2) is 9.29. The summed E-state index contributed by atoms with van der Waals surface area (Å²) in [5, 5.41) is 2.82. The van der Waals surface area contributed by atoms with E-state index in [0.29, 0.717) is 44.5 Å². The highest BCUT2D eigenvalue weighted by Crippen LogP contribution is 2.22. The van der Waals surface area contributed by atoms with Crippen LogP contribution >= 0.6 is 0 Å². The largest absolute Gasteiger partial charge is 0.356 e. The van der Waals surface area contributed by atoms with Gasteiger partial charge in [-0.25, -0.2) is 13.4 Å². The van der Waals surface area contributed by atoms with Gasteiger partial charge in [-0.2, -0.15) is 4.31 Å². The van der Waals surface area contributed by atoms with Crippen molar-refractivity contribution in [2.24, 2.45) is 12.8 Å². The van der Waals surface area contributed by atoms with Crippen LogP contribution in [0.2, 0.25) is 0 Å². The molecule has 1 heterocycles. The highest BCUT2D eigenvalue weighted by molar-refractivity contribution is 7.89. The van der Waals surface area contributed by atoms with Crippen molar-refractivity contribution in [3.8, 4) is 0 Å².